The first-order valence-electron chi connectivity index (χ1n) is 6.68. The van der Waals surface area contributed by atoms with Gasteiger partial charge in [0.2, 0.25) is 0 Å². The van der Waals surface area contributed by atoms with Crippen molar-refractivity contribution >= 4 is 5.97 Å². The Bertz CT molecular complexity index is 371. The maximum atomic E-state index is 12.0. The van der Waals surface area contributed by atoms with E-state index in [4.69, 9.17) is 4.74 Å². The topological polar surface area (TPSA) is 38.3 Å². The van der Waals surface area contributed by atoms with Crippen molar-refractivity contribution in [1.82, 2.24) is 5.32 Å². The monoisotopic (exact) mass is 247 g/mol. The van der Waals surface area contributed by atoms with E-state index >= 15 is 0 Å². The summed E-state index contributed by atoms with van der Waals surface area (Å²) in [6.45, 7) is 4.40. The summed E-state index contributed by atoms with van der Waals surface area (Å²) < 4.78 is 5.38. The molecular weight excluding hydrogens is 226 g/mol. The van der Waals surface area contributed by atoms with Gasteiger partial charge >= 0.3 is 5.97 Å². The maximum absolute atomic E-state index is 12.0. The van der Waals surface area contributed by atoms with Gasteiger partial charge in [0.15, 0.2) is 0 Å². The van der Waals surface area contributed by atoms with Crippen LogP contribution < -0.4 is 5.32 Å². The molecule has 2 rings (SSSR count). The fourth-order valence-electron chi connectivity index (χ4n) is 2.40. The first kappa shape index (κ1) is 13.1. The molecule has 1 saturated heterocycles. The van der Waals surface area contributed by atoms with Gasteiger partial charge < -0.3 is 10.1 Å². The minimum atomic E-state index is -0.0641. The number of hydrogen-bond acceptors (Lipinski definition) is 3. The van der Waals surface area contributed by atoms with Crippen molar-refractivity contribution in [1.29, 1.82) is 0 Å². The summed E-state index contributed by atoms with van der Waals surface area (Å²) in [5.74, 6) is 0.413. The number of hydrogen-bond donors (Lipinski definition) is 1. The van der Waals surface area contributed by atoms with Gasteiger partial charge in [0.1, 0.15) is 6.61 Å². The third-order valence-corrected chi connectivity index (χ3v) is 3.69. The molecule has 98 valence electrons. The molecule has 0 amide bonds. The molecule has 3 heteroatoms. The summed E-state index contributed by atoms with van der Waals surface area (Å²) in [5.41, 5.74) is 1.04. The summed E-state index contributed by atoms with van der Waals surface area (Å²) in [7, 11) is 0. The third-order valence-electron chi connectivity index (χ3n) is 3.69. The van der Waals surface area contributed by atoms with Gasteiger partial charge in [-0.1, -0.05) is 37.3 Å². The predicted octanol–water partition coefficient (Wildman–Crippen LogP) is 2.37. The van der Waals surface area contributed by atoms with Gasteiger partial charge in [0, 0.05) is 0 Å². The van der Waals surface area contributed by atoms with E-state index in [0.717, 1.165) is 31.5 Å². The van der Waals surface area contributed by atoms with Crippen LogP contribution in [-0.4, -0.2) is 19.1 Å². The molecule has 0 spiro atoms. The van der Waals surface area contributed by atoms with E-state index in [2.05, 4.69) is 5.32 Å². The molecule has 0 bridgehead atoms. The number of benzene rings is 1. The lowest BCUT2D eigenvalue weighted by molar-refractivity contribution is -0.151. The zero-order chi connectivity index (χ0) is 12.8. The zero-order valence-corrected chi connectivity index (χ0v) is 10.9. The van der Waals surface area contributed by atoms with E-state index in [1.165, 1.54) is 0 Å². The second-order valence-corrected chi connectivity index (χ2v) is 4.97. The number of nitrogens with one attached hydrogen (secondary N) is 1. The number of esters is 1. The van der Waals surface area contributed by atoms with E-state index in [-0.39, 0.29) is 11.9 Å². The molecule has 1 aromatic carbocycles. The Kier molecular flexibility index (Phi) is 4.76. The van der Waals surface area contributed by atoms with Crippen LogP contribution >= 0.6 is 0 Å². The smallest absolute Gasteiger partial charge is 0.309 e. The molecule has 1 aliphatic rings. The standard InChI is InChI=1S/C15H21NO2/c1-12(14-7-9-16-10-8-14)15(17)18-11-13-5-3-2-4-6-13/h2-6,12,14,16H,7-11H2,1H3. The largest absolute Gasteiger partial charge is 0.461 e. The molecule has 3 nitrogen and oxygen atoms in total. The molecule has 0 saturated carbocycles. The van der Waals surface area contributed by atoms with E-state index in [0.29, 0.717) is 12.5 Å². The van der Waals surface area contributed by atoms with E-state index < -0.39 is 0 Å². The first-order chi connectivity index (χ1) is 8.77. The Balaban J connectivity index is 1.80. The molecular formula is C15H21NO2. The molecule has 1 atom stereocenters. The Labute approximate surface area is 109 Å². The Hall–Kier alpha value is -1.35. The summed E-state index contributed by atoms with van der Waals surface area (Å²) in [6, 6.07) is 9.83. The lowest BCUT2D eigenvalue weighted by Crippen LogP contribution is -2.34. The predicted molar refractivity (Wildman–Crippen MR) is 71.0 cm³/mol. The summed E-state index contributed by atoms with van der Waals surface area (Å²) in [5, 5.41) is 3.31. The Morgan fingerprint density at radius 3 is 2.67 bits per heavy atom. The average Bonchev–Trinajstić information content (AvgIpc) is 2.46. The molecule has 1 heterocycles. The highest BCUT2D eigenvalue weighted by Gasteiger charge is 2.26. The highest BCUT2D eigenvalue weighted by molar-refractivity contribution is 5.72. The van der Waals surface area contributed by atoms with E-state index in [9.17, 15) is 4.79 Å². The second-order valence-electron chi connectivity index (χ2n) is 4.97. The number of carbonyl (C=O) groups is 1. The van der Waals surface area contributed by atoms with Crippen molar-refractivity contribution in [3.8, 4) is 0 Å². The zero-order valence-electron chi connectivity index (χ0n) is 10.9. The van der Waals surface area contributed by atoms with E-state index in [1.807, 2.05) is 37.3 Å². The van der Waals surface area contributed by atoms with Gasteiger partial charge in [-0.25, -0.2) is 0 Å². The van der Waals surface area contributed by atoms with Crippen molar-refractivity contribution in [2.75, 3.05) is 13.1 Å². The number of carbonyl (C=O) groups excluding carboxylic acids is 1. The fourth-order valence-corrected chi connectivity index (χ4v) is 2.40. The molecule has 1 aliphatic heterocycles. The number of rotatable bonds is 4. The summed E-state index contributed by atoms with van der Waals surface area (Å²) >= 11 is 0. The van der Waals surface area contributed by atoms with Gasteiger partial charge in [-0.3, -0.25) is 4.79 Å². The molecule has 0 aliphatic carbocycles. The minimum Gasteiger partial charge on any atom is -0.461 e. The quantitative estimate of drug-likeness (QED) is 0.830. The van der Waals surface area contributed by atoms with Crippen molar-refractivity contribution in [3.63, 3.8) is 0 Å². The molecule has 0 radical (unpaired) electrons. The average molecular weight is 247 g/mol. The van der Waals surface area contributed by atoms with Crippen LogP contribution in [0.15, 0.2) is 30.3 Å². The van der Waals surface area contributed by atoms with Gasteiger partial charge in [-0.05, 0) is 37.4 Å². The maximum Gasteiger partial charge on any atom is 0.309 e. The van der Waals surface area contributed by atoms with Crippen LogP contribution in [0.5, 0.6) is 0 Å². The Morgan fingerprint density at radius 1 is 1.33 bits per heavy atom. The van der Waals surface area contributed by atoms with Crippen LogP contribution in [0.4, 0.5) is 0 Å². The highest BCUT2D eigenvalue weighted by atomic mass is 16.5. The van der Waals surface area contributed by atoms with Crippen LogP contribution in [0, 0.1) is 11.8 Å². The molecule has 18 heavy (non-hydrogen) atoms. The number of ether oxygens (including phenoxy) is 1. The van der Waals surface area contributed by atoms with Crippen LogP contribution in [0.25, 0.3) is 0 Å². The second kappa shape index (κ2) is 6.55. The van der Waals surface area contributed by atoms with Crippen LogP contribution in [0.1, 0.15) is 25.3 Å². The van der Waals surface area contributed by atoms with Gasteiger partial charge in [0.05, 0.1) is 5.92 Å². The molecule has 1 N–H and O–H groups in total. The lowest BCUT2D eigenvalue weighted by atomic mass is 9.86. The molecule has 1 aromatic rings. The normalized spacial score (nSPS) is 18.3. The van der Waals surface area contributed by atoms with Crippen molar-refractivity contribution in [3.05, 3.63) is 35.9 Å². The van der Waals surface area contributed by atoms with Crippen molar-refractivity contribution in [2.45, 2.75) is 26.4 Å². The molecule has 0 aromatic heterocycles. The van der Waals surface area contributed by atoms with Crippen molar-refractivity contribution in [2.24, 2.45) is 11.8 Å². The van der Waals surface area contributed by atoms with Gasteiger partial charge in [0.25, 0.3) is 0 Å². The molecule has 1 fully saturated rings. The number of piperidine rings is 1. The summed E-state index contributed by atoms with van der Waals surface area (Å²) in [6.07, 6.45) is 2.14. The first-order valence-corrected chi connectivity index (χ1v) is 6.68. The van der Waals surface area contributed by atoms with Crippen molar-refractivity contribution < 1.29 is 9.53 Å². The van der Waals surface area contributed by atoms with Crippen LogP contribution in [0.3, 0.4) is 0 Å². The minimum absolute atomic E-state index is 0.0100. The van der Waals surface area contributed by atoms with Crippen LogP contribution in [-0.2, 0) is 16.1 Å². The van der Waals surface area contributed by atoms with Gasteiger partial charge in [-0.2, -0.15) is 0 Å². The third kappa shape index (κ3) is 3.57. The van der Waals surface area contributed by atoms with E-state index in [1.54, 1.807) is 0 Å². The highest BCUT2D eigenvalue weighted by Crippen LogP contribution is 2.23. The lowest BCUT2D eigenvalue weighted by Gasteiger charge is -2.26. The van der Waals surface area contributed by atoms with Gasteiger partial charge in [-0.15, -0.1) is 0 Å². The molecule has 1 unspecified atom stereocenters. The summed E-state index contributed by atoms with van der Waals surface area (Å²) in [4.78, 5) is 12.0. The Morgan fingerprint density at radius 2 is 2.00 bits per heavy atom. The van der Waals surface area contributed by atoms with Crippen LogP contribution in [0.2, 0.25) is 0 Å². The fraction of sp³-hybridized carbons (Fsp3) is 0.533. The SMILES string of the molecule is CC(C(=O)OCc1ccccc1)C1CCNCC1.